The van der Waals surface area contributed by atoms with Gasteiger partial charge in [-0.15, -0.1) is 11.8 Å². The average Bonchev–Trinajstić information content (AvgIpc) is 3.07. The molecule has 0 bridgehead atoms. The number of amides is 4. The van der Waals surface area contributed by atoms with Crippen LogP contribution in [0.4, 0.5) is 10.5 Å². The summed E-state index contributed by atoms with van der Waals surface area (Å²) >= 11 is 8.01. The van der Waals surface area contributed by atoms with E-state index in [1.165, 1.54) is 0 Å². The van der Waals surface area contributed by atoms with Crippen molar-refractivity contribution < 1.29 is 14.4 Å². The van der Waals surface area contributed by atoms with E-state index in [0.717, 1.165) is 21.0 Å². The number of carbonyl (C=O) groups excluding carboxylic acids is 3. The molecule has 6 nitrogen and oxygen atoms in total. The Hall–Kier alpha value is -3.29. The molecule has 5 rings (SSSR count). The molecule has 4 amide bonds. The first-order valence-corrected chi connectivity index (χ1v) is 12.2. The Balaban J connectivity index is 1.47. The van der Waals surface area contributed by atoms with Crippen molar-refractivity contribution in [3.63, 3.8) is 0 Å². The normalized spacial score (nSPS) is 21.9. The van der Waals surface area contributed by atoms with Crippen LogP contribution >= 0.6 is 23.4 Å². The van der Waals surface area contributed by atoms with Gasteiger partial charge in [-0.25, -0.2) is 4.79 Å². The molecule has 8 heteroatoms. The summed E-state index contributed by atoms with van der Waals surface area (Å²) in [6, 6.07) is 23.5. The third kappa shape index (κ3) is 3.75. The molecule has 34 heavy (non-hydrogen) atoms. The summed E-state index contributed by atoms with van der Waals surface area (Å²) in [5, 5.41) is 3.11. The Bertz CT molecular complexity index is 1290. The summed E-state index contributed by atoms with van der Waals surface area (Å²) in [6.07, 6.45) is 0. The molecule has 2 heterocycles. The Morgan fingerprint density at radius 2 is 1.71 bits per heavy atom. The molecule has 2 atom stereocenters. The molecule has 0 aromatic heterocycles. The maximum atomic E-state index is 13.7. The molecule has 2 aliphatic rings. The third-order valence-electron chi connectivity index (χ3n) is 6.27. The minimum atomic E-state index is -1.34. The van der Waals surface area contributed by atoms with E-state index >= 15 is 0 Å². The number of hydrogen-bond acceptors (Lipinski definition) is 4. The van der Waals surface area contributed by atoms with E-state index in [0.29, 0.717) is 16.3 Å². The van der Waals surface area contributed by atoms with Crippen molar-refractivity contribution in [2.24, 2.45) is 0 Å². The summed E-state index contributed by atoms with van der Waals surface area (Å²) in [5.41, 5.74) is 0.922. The van der Waals surface area contributed by atoms with Crippen LogP contribution in [0.15, 0.2) is 83.8 Å². The number of carbonyl (C=O) groups is 3. The number of urea groups is 1. The highest BCUT2D eigenvalue weighted by Gasteiger charge is 2.51. The number of thioether (sulfide) groups is 1. The van der Waals surface area contributed by atoms with Crippen LogP contribution in [0.3, 0.4) is 0 Å². The van der Waals surface area contributed by atoms with Crippen molar-refractivity contribution >= 4 is 46.9 Å². The molecule has 1 fully saturated rings. The molecular weight excluding hydrogens is 470 g/mol. The zero-order valence-corrected chi connectivity index (χ0v) is 20.0. The van der Waals surface area contributed by atoms with Crippen LogP contribution in [0, 0.1) is 0 Å². The predicted molar refractivity (Wildman–Crippen MR) is 133 cm³/mol. The number of halogens is 1. The first-order chi connectivity index (χ1) is 16.4. The van der Waals surface area contributed by atoms with E-state index in [1.807, 2.05) is 54.6 Å². The van der Waals surface area contributed by atoms with Crippen molar-refractivity contribution in [2.45, 2.75) is 23.4 Å². The van der Waals surface area contributed by atoms with Crippen LogP contribution in [0.25, 0.3) is 0 Å². The number of anilines is 1. The van der Waals surface area contributed by atoms with E-state index < -0.39 is 17.5 Å². The van der Waals surface area contributed by atoms with E-state index in [9.17, 15) is 14.4 Å². The van der Waals surface area contributed by atoms with Gasteiger partial charge < -0.3 is 10.2 Å². The predicted octanol–water partition coefficient (Wildman–Crippen LogP) is 4.99. The van der Waals surface area contributed by atoms with Crippen LogP contribution in [-0.4, -0.2) is 35.0 Å². The standard InChI is InChI=1S/C26H22ClN3O3S/c1-26(18-11-5-6-12-19(18)27)24(32)29(25(33)28-26)15-23(31)30-20-13-7-8-14-22(20)34-16-21(30)17-9-3-2-4-10-17/h2-14,21H,15-16H2,1H3,(H,28,33)/t21-,26+/m0/s1. The van der Waals surface area contributed by atoms with Gasteiger partial charge in [-0.2, -0.15) is 0 Å². The van der Waals surface area contributed by atoms with Gasteiger partial charge in [-0.3, -0.25) is 14.5 Å². The quantitative estimate of drug-likeness (QED) is 0.522. The second-order valence-electron chi connectivity index (χ2n) is 8.40. The molecule has 0 spiro atoms. The highest BCUT2D eigenvalue weighted by molar-refractivity contribution is 7.99. The lowest BCUT2D eigenvalue weighted by atomic mass is 9.92. The van der Waals surface area contributed by atoms with Crippen molar-refractivity contribution in [3.05, 3.63) is 95.0 Å². The van der Waals surface area contributed by atoms with Gasteiger partial charge in [0.05, 0.1) is 11.7 Å². The topological polar surface area (TPSA) is 69.7 Å². The van der Waals surface area contributed by atoms with Crippen molar-refractivity contribution in [2.75, 3.05) is 17.2 Å². The van der Waals surface area contributed by atoms with Gasteiger partial charge in [0.2, 0.25) is 5.91 Å². The van der Waals surface area contributed by atoms with Crippen LogP contribution in [0.2, 0.25) is 5.02 Å². The van der Waals surface area contributed by atoms with Gasteiger partial charge >= 0.3 is 6.03 Å². The summed E-state index contributed by atoms with van der Waals surface area (Å²) in [4.78, 5) is 43.7. The molecule has 0 saturated carbocycles. The fourth-order valence-electron chi connectivity index (χ4n) is 4.52. The SMILES string of the molecule is C[C@]1(c2ccccc2Cl)NC(=O)N(CC(=O)N2c3ccccc3SC[C@H]2c2ccccc2)C1=O. The number of hydrogen-bond donors (Lipinski definition) is 1. The lowest BCUT2D eigenvalue weighted by molar-refractivity contribution is -0.134. The second-order valence-corrected chi connectivity index (χ2v) is 9.86. The Morgan fingerprint density at radius 1 is 1.03 bits per heavy atom. The second kappa shape index (κ2) is 8.81. The number of para-hydroxylation sites is 1. The fourth-order valence-corrected chi connectivity index (χ4v) is 6.01. The van der Waals surface area contributed by atoms with Gasteiger partial charge in [0.15, 0.2) is 0 Å². The zero-order valence-electron chi connectivity index (χ0n) is 18.4. The average molecular weight is 492 g/mol. The third-order valence-corrected chi connectivity index (χ3v) is 7.74. The van der Waals surface area contributed by atoms with E-state index in [-0.39, 0.29) is 18.5 Å². The number of nitrogens with one attached hydrogen (secondary N) is 1. The van der Waals surface area contributed by atoms with E-state index in [2.05, 4.69) is 5.32 Å². The summed E-state index contributed by atoms with van der Waals surface area (Å²) in [5.74, 6) is -0.159. The van der Waals surface area contributed by atoms with E-state index in [1.54, 1.807) is 47.9 Å². The summed E-state index contributed by atoms with van der Waals surface area (Å²) < 4.78 is 0. The van der Waals surface area contributed by atoms with Crippen LogP contribution in [0.5, 0.6) is 0 Å². The van der Waals surface area contributed by atoms with Crippen molar-refractivity contribution in [1.82, 2.24) is 10.2 Å². The maximum absolute atomic E-state index is 13.7. The minimum absolute atomic E-state index is 0.218. The minimum Gasteiger partial charge on any atom is -0.319 e. The summed E-state index contributed by atoms with van der Waals surface area (Å²) in [6.45, 7) is 1.24. The molecule has 3 aromatic carbocycles. The maximum Gasteiger partial charge on any atom is 0.325 e. The van der Waals surface area contributed by atoms with Crippen LogP contribution in [-0.2, 0) is 15.1 Å². The first kappa shape index (κ1) is 22.5. The van der Waals surface area contributed by atoms with Gasteiger partial charge in [-0.1, -0.05) is 72.3 Å². The molecule has 0 aliphatic carbocycles. The molecular formula is C26H22ClN3O3S. The highest BCUT2D eigenvalue weighted by Crippen LogP contribution is 2.43. The number of fused-ring (bicyclic) bond motifs is 1. The molecule has 0 unspecified atom stereocenters. The van der Waals surface area contributed by atoms with Gasteiger partial charge in [0.25, 0.3) is 5.91 Å². The van der Waals surface area contributed by atoms with Crippen LogP contribution < -0.4 is 10.2 Å². The Morgan fingerprint density at radius 3 is 2.47 bits per heavy atom. The number of rotatable bonds is 4. The number of benzene rings is 3. The largest absolute Gasteiger partial charge is 0.325 e. The van der Waals surface area contributed by atoms with E-state index in [4.69, 9.17) is 11.6 Å². The molecule has 1 N–H and O–H groups in total. The number of imide groups is 1. The van der Waals surface area contributed by atoms with Crippen LogP contribution in [0.1, 0.15) is 24.1 Å². The van der Waals surface area contributed by atoms with Crippen molar-refractivity contribution in [1.29, 1.82) is 0 Å². The Kier molecular flexibility index (Phi) is 5.83. The summed E-state index contributed by atoms with van der Waals surface area (Å²) in [7, 11) is 0. The monoisotopic (exact) mass is 491 g/mol. The van der Waals surface area contributed by atoms with Gasteiger partial charge in [0, 0.05) is 21.2 Å². The lowest BCUT2D eigenvalue weighted by Crippen LogP contribution is -2.47. The van der Waals surface area contributed by atoms with Gasteiger partial charge in [-0.05, 0) is 30.7 Å². The van der Waals surface area contributed by atoms with Gasteiger partial charge in [0.1, 0.15) is 12.1 Å². The molecule has 0 radical (unpaired) electrons. The Labute approximate surface area is 206 Å². The first-order valence-electron chi connectivity index (χ1n) is 10.9. The van der Waals surface area contributed by atoms with Crippen molar-refractivity contribution in [3.8, 4) is 0 Å². The fraction of sp³-hybridized carbons (Fsp3) is 0.192. The number of nitrogens with zero attached hydrogens (tertiary/aromatic N) is 2. The molecule has 1 saturated heterocycles. The molecule has 172 valence electrons. The smallest absolute Gasteiger partial charge is 0.319 e. The molecule has 2 aliphatic heterocycles. The highest BCUT2D eigenvalue weighted by atomic mass is 35.5. The zero-order chi connectivity index (χ0) is 23.9. The molecule has 3 aromatic rings. The lowest BCUT2D eigenvalue weighted by Gasteiger charge is -2.37.